The van der Waals surface area contributed by atoms with Gasteiger partial charge in [0.15, 0.2) is 6.61 Å². The molecule has 1 aliphatic heterocycles. The lowest BCUT2D eigenvalue weighted by molar-refractivity contribution is -0.151. The lowest BCUT2D eigenvalue weighted by atomic mass is 10.1. The second-order valence-electron chi connectivity index (χ2n) is 7.04. The maximum absolute atomic E-state index is 12.3. The highest BCUT2D eigenvalue weighted by molar-refractivity contribution is 6.00. The summed E-state index contributed by atoms with van der Waals surface area (Å²) in [6, 6.07) is 14.6. The van der Waals surface area contributed by atoms with Crippen molar-refractivity contribution in [3.63, 3.8) is 0 Å². The van der Waals surface area contributed by atoms with Gasteiger partial charge in [-0.1, -0.05) is 19.1 Å². The molecule has 7 heteroatoms. The molecule has 0 aliphatic carbocycles. The number of carbonyl (C=O) groups is 3. The van der Waals surface area contributed by atoms with Crippen LogP contribution in [-0.4, -0.2) is 37.5 Å². The van der Waals surface area contributed by atoms with Crippen molar-refractivity contribution in [2.24, 2.45) is 5.92 Å². The van der Waals surface area contributed by atoms with E-state index in [0.717, 1.165) is 12.1 Å². The fourth-order valence-electron chi connectivity index (χ4n) is 3.28. The second-order valence-corrected chi connectivity index (χ2v) is 7.04. The first-order chi connectivity index (χ1) is 14.5. The summed E-state index contributed by atoms with van der Waals surface area (Å²) in [5.41, 5.74) is 2.53. The molecule has 158 valence electrons. The fourth-order valence-corrected chi connectivity index (χ4v) is 3.28. The Bertz CT molecular complexity index is 893. The number of nitrogens with zero attached hydrogens (tertiary/aromatic N) is 1. The van der Waals surface area contributed by atoms with Crippen LogP contribution in [0.1, 0.15) is 25.8 Å². The summed E-state index contributed by atoms with van der Waals surface area (Å²) in [5, 5.41) is 2.66. The molecule has 0 radical (unpaired) electrons. The number of carbonyl (C=O) groups excluding carboxylic acids is 3. The third-order valence-electron chi connectivity index (χ3n) is 4.91. The van der Waals surface area contributed by atoms with E-state index >= 15 is 0 Å². The molecule has 0 bridgehead atoms. The van der Waals surface area contributed by atoms with Crippen molar-refractivity contribution in [3.05, 3.63) is 54.1 Å². The average Bonchev–Trinajstić information content (AvgIpc) is 3.15. The van der Waals surface area contributed by atoms with Crippen LogP contribution < -0.4 is 15.0 Å². The summed E-state index contributed by atoms with van der Waals surface area (Å²) >= 11 is 0. The maximum atomic E-state index is 12.3. The Morgan fingerprint density at radius 1 is 1.07 bits per heavy atom. The first kappa shape index (κ1) is 21.4. The van der Waals surface area contributed by atoms with E-state index in [1.54, 1.807) is 29.2 Å². The fraction of sp³-hybridized carbons (Fsp3) is 0.348. The first-order valence-electron chi connectivity index (χ1n) is 10.1. The van der Waals surface area contributed by atoms with E-state index in [0.29, 0.717) is 18.0 Å². The van der Waals surface area contributed by atoms with Crippen LogP contribution in [-0.2, 0) is 25.5 Å². The number of esters is 1. The van der Waals surface area contributed by atoms with Gasteiger partial charge in [-0.25, -0.2) is 0 Å². The maximum Gasteiger partial charge on any atom is 0.311 e. The van der Waals surface area contributed by atoms with Gasteiger partial charge < -0.3 is 19.7 Å². The molecule has 3 rings (SSSR count). The number of hydrogen-bond donors (Lipinski definition) is 1. The summed E-state index contributed by atoms with van der Waals surface area (Å²) in [7, 11) is 0. The molecule has 0 unspecified atom stereocenters. The van der Waals surface area contributed by atoms with E-state index in [1.165, 1.54) is 5.56 Å². The van der Waals surface area contributed by atoms with Gasteiger partial charge in [0.1, 0.15) is 5.75 Å². The third-order valence-corrected chi connectivity index (χ3v) is 4.91. The first-order valence-corrected chi connectivity index (χ1v) is 10.1. The normalized spacial score (nSPS) is 15.7. The summed E-state index contributed by atoms with van der Waals surface area (Å²) in [6.07, 6.45) is 0.997. The standard InChI is InChI=1S/C23H26N2O5/c1-3-16-5-9-19(10-6-16)25-14-17(13-22(25)27)23(28)30-15-21(26)24-18-7-11-20(12-8-18)29-4-2/h5-12,17H,3-4,13-15H2,1-2H3,(H,24,26)/t17-/m0/s1. The number of aryl methyl sites for hydroxylation is 1. The Hall–Kier alpha value is -3.35. The smallest absolute Gasteiger partial charge is 0.311 e. The van der Waals surface area contributed by atoms with Crippen LogP contribution >= 0.6 is 0 Å². The zero-order valence-electron chi connectivity index (χ0n) is 17.2. The molecule has 1 atom stereocenters. The molecule has 0 saturated carbocycles. The predicted molar refractivity (Wildman–Crippen MR) is 113 cm³/mol. The summed E-state index contributed by atoms with van der Waals surface area (Å²) in [5.74, 6) is -0.981. The highest BCUT2D eigenvalue weighted by Crippen LogP contribution is 2.26. The molecule has 0 spiro atoms. The molecule has 0 aromatic heterocycles. The Labute approximate surface area is 176 Å². The van der Waals surface area contributed by atoms with Crippen molar-refractivity contribution in [1.29, 1.82) is 0 Å². The van der Waals surface area contributed by atoms with Crippen LogP contribution in [0, 0.1) is 5.92 Å². The highest BCUT2D eigenvalue weighted by atomic mass is 16.5. The number of ether oxygens (including phenoxy) is 2. The quantitative estimate of drug-likeness (QED) is 0.676. The SMILES string of the molecule is CCOc1ccc(NC(=O)COC(=O)[C@H]2CC(=O)N(c3ccc(CC)cc3)C2)cc1. The Balaban J connectivity index is 1.48. The van der Waals surface area contributed by atoms with Gasteiger partial charge in [0, 0.05) is 24.3 Å². The number of nitrogens with one attached hydrogen (secondary N) is 1. The van der Waals surface area contributed by atoms with E-state index in [1.807, 2.05) is 31.2 Å². The van der Waals surface area contributed by atoms with Gasteiger partial charge in [0.25, 0.3) is 5.91 Å². The van der Waals surface area contributed by atoms with Gasteiger partial charge in [-0.2, -0.15) is 0 Å². The Morgan fingerprint density at radius 3 is 2.40 bits per heavy atom. The van der Waals surface area contributed by atoms with Crippen molar-refractivity contribution in [2.45, 2.75) is 26.7 Å². The van der Waals surface area contributed by atoms with Crippen LogP contribution in [0.5, 0.6) is 5.75 Å². The lowest BCUT2D eigenvalue weighted by Crippen LogP contribution is -2.28. The summed E-state index contributed by atoms with van der Waals surface area (Å²) in [6.45, 7) is 4.37. The molecule has 1 aliphatic rings. The van der Waals surface area contributed by atoms with E-state index in [9.17, 15) is 14.4 Å². The van der Waals surface area contributed by atoms with Gasteiger partial charge in [0.2, 0.25) is 5.91 Å². The number of hydrogen-bond acceptors (Lipinski definition) is 5. The minimum atomic E-state index is -0.582. The Kier molecular flexibility index (Phi) is 7.06. The van der Waals surface area contributed by atoms with E-state index in [-0.39, 0.29) is 18.9 Å². The Morgan fingerprint density at radius 2 is 1.77 bits per heavy atom. The predicted octanol–water partition coefficient (Wildman–Crippen LogP) is 3.18. The van der Waals surface area contributed by atoms with E-state index < -0.39 is 24.4 Å². The topological polar surface area (TPSA) is 84.9 Å². The van der Waals surface area contributed by atoms with Gasteiger partial charge in [-0.15, -0.1) is 0 Å². The monoisotopic (exact) mass is 410 g/mol. The van der Waals surface area contributed by atoms with Crippen LogP contribution in [0.25, 0.3) is 0 Å². The van der Waals surface area contributed by atoms with Crippen molar-refractivity contribution in [1.82, 2.24) is 0 Å². The van der Waals surface area contributed by atoms with E-state index in [2.05, 4.69) is 12.2 Å². The molecule has 1 fully saturated rings. The van der Waals surface area contributed by atoms with Gasteiger partial charge in [-0.3, -0.25) is 14.4 Å². The molecule has 30 heavy (non-hydrogen) atoms. The van der Waals surface area contributed by atoms with E-state index in [4.69, 9.17) is 9.47 Å². The molecule has 2 amide bonds. The molecule has 7 nitrogen and oxygen atoms in total. The van der Waals surface area contributed by atoms with Crippen molar-refractivity contribution in [3.8, 4) is 5.75 Å². The molecule has 2 aromatic rings. The van der Waals surface area contributed by atoms with Crippen LogP contribution in [0.3, 0.4) is 0 Å². The van der Waals surface area contributed by atoms with Crippen LogP contribution in [0.2, 0.25) is 0 Å². The summed E-state index contributed by atoms with van der Waals surface area (Å²) in [4.78, 5) is 38.3. The van der Waals surface area contributed by atoms with Gasteiger partial charge >= 0.3 is 5.97 Å². The largest absolute Gasteiger partial charge is 0.494 e. The lowest BCUT2D eigenvalue weighted by Gasteiger charge is -2.17. The minimum Gasteiger partial charge on any atom is -0.494 e. The minimum absolute atomic E-state index is 0.0782. The van der Waals surface area contributed by atoms with Gasteiger partial charge in [0.05, 0.1) is 12.5 Å². The second kappa shape index (κ2) is 9.91. The highest BCUT2D eigenvalue weighted by Gasteiger charge is 2.36. The third kappa shape index (κ3) is 5.37. The number of anilines is 2. The molecular weight excluding hydrogens is 384 g/mol. The molecule has 1 saturated heterocycles. The molecule has 1 N–H and O–H groups in total. The van der Waals surface area contributed by atoms with Gasteiger partial charge in [-0.05, 0) is 55.3 Å². The van der Waals surface area contributed by atoms with Crippen molar-refractivity contribution >= 4 is 29.2 Å². The zero-order valence-corrected chi connectivity index (χ0v) is 17.2. The molecule has 1 heterocycles. The van der Waals surface area contributed by atoms with Crippen LogP contribution in [0.4, 0.5) is 11.4 Å². The molecule has 2 aromatic carbocycles. The number of rotatable bonds is 8. The molecular formula is C23H26N2O5. The number of benzene rings is 2. The zero-order chi connectivity index (χ0) is 21.5. The van der Waals surface area contributed by atoms with Crippen LogP contribution in [0.15, 0.2) is 48.5 Å². The van der Waals surface area contributed by atoms with Crippen molar-refractivity contribution in [2.75, 3.05) is 30.0 Å². The number of amides is 2. The average molecular weight is 410 g/mol. The van der Waals surface area contributed by atoms with Crippen molar-refractivity contribution < 1.29 is 23.9 Å². The summed E-state index contributed by atoms with van der Waals surface area (Å²) < 4.78 is 10.5.